The zero-order valence-corrected chi connectivity index (χ0v) is 19.2. The van der Waals surface area contributed by atoms with Gasteiger partial charge in [-0.3, -0.25) is 4.79 Å². The van der Waals surface area contributed by atoms with E-state index in [0.29, 0.717) is 0 Å². The monoisotopic (exact) mass is 410 g/mol. The van der Waals surface area contributed by atoms with Gasteiger partial charge in [0.15, 0.2) is 0 Å². The van der Waals surface area contributed by atoms with Crippen LogP contribution in [0.25, 0.3) is 0 Å². The molecule has 0 saturated carbocycles. The van der Waals surface area contributed by atoms with Crippen LogP contribution in [0.5, 0.6) is 0 Å². The molecule has 0 aliphatic rings. The molecule has 0 fully saturated rings. The first-order valence-electron chi connectivity index (χ1n) is 9.31. The summed E-state index contributed by atoms with van der Waals surface area (Å²) in [5, 5.41) is 9.06. The van der Waals surface area contributed by atoms with Crippen LogP contribution in [0.1, 0.15) is 85.0 Å². The first kappa shape index (κ1) is 27.4. The number of carboxylic acids is 1. The van der Waals surface area contributed by atoms with Gasteiger partial charge >= 0.3 is 5.97 Å². The Hall–Kier alpha value is 0.220. The fourth-order valence-corrected chi connectivity index (χ4v) is 5.03. The second-order valence-electron chi connectivity index (χ2n) is 6.61. The molecule has 0 aliphatic heterocycles. The number of thiocarbonyl (C=S) groups is 1. The number of methoxy groups -OCH3 is 1. The van der Waals surface area contributed by atoms with Gasteiger partial charge in [-0.15, -0.1) is 11.8 Å². The first-order chi connectivity index (χ1) is 11.8. The summed E-state index contributed by atoms with van der Waals surface area (Å²) in [5.74, 6) is 0.206. The normalized spacial score (nSPS) is 10.9. The lowest BCUT2D eigenvalue weighted by Crippen LogP contribution is -2.28. The highest BCUT2D eigenvalue weighted by atomic mass is 32.2. The molecule has 0 unspecified atom stereocenters. The molecule has 150 valence electrons. The molecule has 0 amide bonds. The van der Waals surface area contributed by atoms with E-state index in [9.17, 15) is 4.79 Å². The molecule has 0 saturated heterocycles. The first-order valence-corrected chi connectivity index (χ1v) is 11.5. The van der Waals surface area contributed by atoms with E-state index in [1.807, 2.05) is 0 Å². The van der Waals surface area contributed by atoms with Crippen molar-refractivity contribution in [2.75, 3.05) is 20.0 Å². The average Bonchev–Trinajstić information content (AvgIpc) is 2.52. The van der Waals surface area contributed by atoms with Crippen molar-refractivity contribution in [1.82, 2.24) is 0 Å². The molecule has 3 nitrogen and oxygen atoms in total. The van der Waals surface area contributed by atoms with E-state index in [1.165, 1.54) is 76.0 Å². The molecule has 0 bridgehead atoms. The summed E-state index contributed by atoms with van der Waals surface area (Å²) in [6, 6.07) is 0. The molecule has 0 atom stereocenters. The highest BCUT2D eigenvalue weighted by Crippen LogP contribution is 2.31. The summed E-state index contributed by atoms with van der Waals surface area (Å²) >= 11 is 8.17. The van der Waals surface area contributed by atoms with Crippen LogP contribution >= 0.6 is 35.7 Å². The smallest absolute Gasteiger partial charge is 0.319 e. The number of hydrogen-bond donors (Lipinski definition) is 1. The van der Waals surface area contributed by atoms with E-state index in [1.54, 1.807) is 39.8 Å². The summed E-state index contributed by atoms with van der Waals surface area (Å²) in [6.45, 7) is 5.66. The third kappa shape index (κ3) is 20.4. The third-order valence-corrected chi connectivity index (χ3v) is 6.36. The largest absolute Gasteiger partial charge is 0.480 e. The maximum atomic E-state index is 11.0. The van der Waals surface area contributed by atoms with Gasteiger partial charge in [0.2, 0.25) is 0 Å². The summed E-state index contributed by atoms with van der Waals surface area (Å²) in [7, 11) is 3.25. The van der Waals surface area contributed by atoms with Crippen LogP contribution in [-0.2, 0) is 9.53 Å². The van der Waals surface area contributed by atoms with Gasteiger partial charge in [-0.25, -0.2) is 0 Å². The summed E-state index contributed by atoms with van der Waals surface area (Å²) in [6.07, 6.45) is 13.4. The SMILES string of the molecule is CCCCCCCCCCCCSC(=S)SC(C)(C)C(=O)O.COC. The molecule has 0 radical (unpaired) electrons. The topological polar surface area (TPSA) is 46.5 Å². The zero-order chi connectivity index (χ0) is 19.6. The standard InChI is InChI=1S/C17H32O2S3.C2H6O/c1-4-5-6-7-8-9-10-11-12-13-14-21-16(20)22-17(2,3)15(18)19;1-3-2/h4-14H2,1-3H3,(H,18,19);1-2H3. The number of carboxylic acid groups (broad SMARTS) is 1. The second-order valence-corrected chi connectivity index (χ2v) is 10.5. The molecule has 0 rings (SSSR count). The quantitative estimate of drug-likeness (QED) is 0.266. The van der Waals surface area contributed by atoms with E-state index in [4.69, 9.17) is 17.3 Å². The van der Waals surface area contributed by atoms with Crippen LogP contribution < -0.4 is 0 Å². The molecule has 0 aromatic carbocycles. The molecular weight excluding hydrogens is 372 g/mol. The van der Waals surface area contributed by atoms with E-state index >= 15 is 0 Å². The minimum Gasteiger partial charge on any atom is -0.480 e. The molecule has 1 N–H and O–H groups in total. The molecule has 6 heteroatoms. The molecule has 0 aromatic rings. The Bertz CT molecular complexity index is 334. The maximum Gasteiger partial charge on any atom is 0.319 e. The van der Waals surface area contributed by atoms with Crippen molar-refractivity contribution in [2.24, 2.45) is 0 Å². The predicted octanol–water partition coefficient (Wildman–Crippen LogP) is 6.78. The number of ether oxygens (including phenoxy) is 1. The lowest BCUT2D eigenvalue weighted by molar-refractivity contribution is -0.138. The predicted molar refractivity (Wildman–Crippen MR) is 119 cm³/mol. The Morgan fingerprint density at radius 3 is 1.76 bits per heavy atom. The van der Waals surface area contributed by atoms with Gasteiger partial charge in [-0.2, -0.15) is 0 Å². The lowest BCUT2D eigenvalue weighted by atomic mass is 10.1. The molecule has 0 heterocycles. The van der Waals surface area contributed by atoms with Gasteiger partial charge in [-0.05, 0) is 26.0 Å². The molecule has 0 aromatic heterocycles. The molecular formula is C19H38O3S3. The summed E-state index contributed by atoms with van der Waals surface area (Å²) in [4.78, 5) is 11.0. The highest BCUT2D eigenvalue weighted by molar-refractivity contribution is 8.47. The van der Waals surface area contributed by atoms with Gasteiger partial charge in [0, 0.05) is 14.2 Å². The average molecular weight is 411 g/mol. The number of rotatable bonds is 13. The summed E-state index contributed by atoms with van der Waals surface area (Å²) in [5.41, 5.74) is 0. The lowest BCUT2D eigenvalue weighted by Gasteiger charge is -2.18. The fourth-order valence-electron chi connectivity index (χ4n) is 2.03. The molecule has 0 spiro atoms. The van der Waals surface area contributed by atoms with Crippen LogP contribution in [0.4, 0.5) is 0 Å². The van der Waals surface area contributed by atoms with Crippen LogP contribution in [0.2, 0.25) is 0 Å². The van der Waals surface area contributed by atoms with Crippen molar-refractivity contribution in [3.05, 3.63) is 0 Å². The minimum atomic E-state index is -0.818. The van der Waals surface area contributed by atoms with E-state index in [2.05, 4.69) is 11.7 Å². The summed E-state index contributed by atoms with van der Waals surface area (Å²) < 4.78 is 4.19. The van der Waals surface area contributed by atoms with Crippen molar-refractivity contribution in [3.63, 3.8) is 0 Å². The van der Waals surface area contributed by atoms with E-state index in [-0.39, 0.29) is 0 Å². The van der Waals surface area contributed by atoms with Crippen molar-refractivity contribution in [2.45, 2.75) is 89.7 Å². The Morgan fingerprint density at radius 2 is 1.36 bits per heavy atom. The number of aliphatic carboxylic acids is 1. The van der Waals surface area contributed by atoms with Crippen molar-refractivity contribution < 1.29 is 14.6 Å². The Labute approximate surface area is 169 Å². The second kappa shape index (κ2) is 19.0. The van der Waals surface area contributed by atoms with Gasteiger partial charge in [0.05, 0.1) is 0 Å². The minimum absolute atomic E-state index is 0.753. The van der Waals surface area contributed by atoms with E-state index < -0.39 is 10.7 Å². The van der Waals surface area contributed by atoms with Gasteiger partial charge in [0.25, 0.3) is 0 Å². The molecule has 25 heavy (non-hydrogen) atoms. The van der Waals surface area contributed by atoms with Crippen molar-refractivity contribution >= 4 is 45.2 Å². The Morgan fingerprint density at radius 1 is 0.960 bits per heavy atom. The highest BCUT2D eigenvalue weighted by Gasteiger charge is 2.29. The number of carbonyl (C=O) groups is 1. The zero-order valence-electron chi connectivity index (χ0n) is 16.8. The van der Waals surface area contributed by atoms with Crippen LogP contribution in [0.3, 0.4) is 0 Å². The van der Waals surface area contributed by atoms with Crippen LogP contribution in [0, 0.1) is 0 Å². The third-order valence-electron chi connectivity index (χ3n) is 3.57. The van der Waals surface area contributed by atoms with Crippen LogP contribution in [-0.4, -0.2) is 39.3 Å². The number of thioether (sulfide) groups is 2. The van der Waals surface area contributed by atoms with Crippen LogP contribution in [0.15, 0.2) is 0 Å². The maximum absolute atomic E-state index is 11.0. The van der Waals surface area contributed by atoms with Gasteiger partial charge < -0.3 is 9.84 Å². The number of unbranched alkanes of at least 4 members (excludes halogenated alkanes) is 9. The fraction of sp³-hybridized carbons (Fsp3) is 0.895. The van der Waals surface area contributed by atoms with Crippen molar-refractivity contribution in [1.29, 1.82) is 0 Å². The van der Waals surface area contributed by atoms with Gasteiger partial charge in [0.1, 0.15) is 8.28 Å². The Kier molecular flexibility index (Phi) is 20.8. The van der Waals surface area contributed by atoms with Gasteiger partial charge in [-0.1, -0.05) is 88.7 Å². The van der Waals surface area contributed by atoms with Crippen molar-refractivity contribution in [3.8, 4) is 0 Å². The van der Waals surface area contributed by atoms with E-state index in [0.717, 1.165) is 9.28 Å². The number of hydrogen-bond acceptors (Lipinski definition) is 5. The Balaban J connectivity index is 0. The molecule has 0 aliphatic carbocycles.